The molecule has 1 rings (SSSR count). The van der Waals surface area contributed by atoms with E-state index in [9.17, 15) is 4.79 Å². The minimum absolute atomic E-state index is 0.0873. The average Bonchev–Trinajstić information content (AvgIpc) is 2.25. The molecule has 0 unspecified atom stereocenters. The predicted molar refractivity (Wildman–Crippen MR) is 56.6 cm³/mol. The van der Waals surface area contributed by atoms with Gasteiger partial charge in [0.1, 0.15) is 0 Å². The van der Waals surface area contributed by atoms with Gasteiger partial charge in [-0.3, -0.25) is 4.79 Å². The molecule has 0 heterocycles. The molecule has 1 aromatic carbocycles. The fraction of sp³-hybridized carbons (Fsp3) is 0.0833. The Bertz CT molecular complexity index is 337. The lowest BCUT2D eigenvalue weighted by Gasteiger charge is -1.89. The molecule has 0 aromatic heterocycles. The zero-order chi connectivity index (χ0) is 10.2. The number of ether oxygens (including phenoxy) is 1. The van der Waals surface area contributed by atoms with E-state index in [1.54, 1.807) is 6.08 Å². The lowest BCUT2D eigenvalue weighted by atomic mass is 10.2. The molecule has 0 amide bonds. The van der Waals surface area contributed by atoms with Gasteiger partial charge in [-0.15, -0.1) is 0 Å². The van der Waals surface area contributed by atoms with Crippen molar-refractivity contribution in [3.63, 3.8) is 0 Å². The van der Waals surface area contributed by atoms with E-state index < -0.39 is 0 Å². The zero-order valence-corrected chi connectivity index (χ0v) is 8.01. The SMILES string of the molecule is COC=CC(=O)C=Cc1ccccc1. The number of allylic oxidation sites excluding steroid dienone is 2. The molecule has 72 valence electrons. The van der Waals surface area contributed by atoms with Gasteiger partial charge in [-0.2, -0.15) is 0 Å². The van der Waals surface area contributed by atoms with E-state index in [-0.39, 0.29) is 5.78 Å². The van der Waals surface area contributed by atoms with Crippen molar-refractivity contribution < 1.29 is 9.53 Å². The first-order chi connectivity index (χ1) is 6.83. The third-order valence-corrected chi connectivity index (χ3v) is 1.61. The molecular weight excluding hydrogens is 176 g/mol. The molecule has 2 heteroatoms. The van der Waals surface area contributed by atoms with Gasteiger partial charge in [-0.25, -0.2) is 0 Å². The molecule has 0 atom stereocenters. The van der Waals surface area contributed by atoms with E-state index in [2.05, 4.69) is 4.74 Å². The fourth-order valence-corrected chi connectivity index (χ4v) is 0.933. The van der Waals surface area contributed by atoms with E-state index in [1.165, 1.54) is 25.5 Å². The second kappa shape index (κ2) is 5.75. The molecule has 0 saturated carbocycles. The van der Waals surface area contributed by atoms with Crippen LogP contribution in [0.15, 0.2) is 48.7 Å². The number of benzene rings is 1. The maximum Gasteiger partial charge on any atom is 0.181 e. The van der Waals surface area contributed by atoms with Crippen molar-refractivity contribution in [3.8, 4) is 0 Å². The topological polar surface area (TPSA) is 26.3 Å². The van der Waals surface area contributed by atoms with Crippen molar-refractivity contribution in [3.05, 3.63) is 54.3 Å². The van der Waals surface area contributed by atoms with Crippen molar-refractivity contribution in [1.29, 1.82) is 0 Å². The van der Waals surface area contributed by atoms with Gasteiger partial charge in [0.25, 0.3) is 0 Å². The summed E-state index contributed by atoms with van der Waals surface area (Å²) in [5.41, 5.74) is 1.01. The van der Waals surface area contributed by atoms with Crippen LogP contribution in [0.3, 0.4) is 0 Å². The van der Waals surface area contributed by atoms with Gasteiger partial charge in [0, 0.05) is 6.08 Å². The highest BCUT2D eigenvalue weighted by Crippen LogP contribution is 2.00. The number of hydrogen-bond acceptors (Lipinski definition) is 2. The Morgan fingerprint density at radius 3 is 2.57 bits per heavy atom. The first-order valence-electron chi connectivity index (χ1n) is 4.29. The van der Waals surface area contributed by atoms with Crippen LogP contribution in [0.25, 0.3) is 6.08 Å². The summed E-state index contributed by atoms with van der Waals surface area (Å²) < 4.78 is 4.63. The van der Waals surface area contributed by atoms with E-state index in [0.29, 0.717) is 0 Å². The van der Waals surface area contributed by atoms with Crippen LogP contribution >= 0.6 is 0 Å². The summed E-state index contributed by atoms with van der Waals surface area (Å²) in [6.45, 7) is 0. The maximum absolute atomic E-state index is 11.1. The molecule has 0 bridgehead atoms. The van der Waals surface area contributed by atoms with Gasteiger partial charge in [0.2, 0.25) is 0 Å². The van der Waals surface area contributed by atoms with Gasteiger partial charge in [-0.05, 0) is 11.6 Å². The number of carbonyl (C=O) groups excluding carboxylic acids is 1. The molecule has 0 saturated heterocycles. The third-order valence-electron chi connectivity index (χ3n) is 1.61. The van der Waals surface area contributed by atoms with Crippen molar-refractivity contribution in [2.45, 2.75) is 0 Å². The lowest BCUT2D eigenvalue weighted by Crippen LogP contribution is -1.84. The van der Waals surface area contributed by atoms with Crippen LogP contribution in [-0.2, 0) is 9.53 Å². The van der Waals surface area contributed by atoms with Crippen LogP contribution in [-0.4, -0.2) is 12.9 Å². The first-order valence-corrected chi connectivity index (χ1v) is 4.29. The summed E-state index contributed by atoms with van der Waals surface area (Å²) >= 11 is 0. The van der Waals surface area contributed by atoms with E-state index in [0.717, 1.165) is 5.56 Å². The van der Waals surface area contributed by atoms with Crippen LogP contribution in [0.2, 0.25) is 0 Å². The molecule has 1 aromatic rings. The van der Waals surface area contributed by atoms with Gasteiger partial charge in [-0.1, -0.05) is 36.4 Å². The third kappa shape index (κ3) is 3.72. The summed E-state index contributed by atoms with van der Waals surface area (Å²) in [5.74, 6) is -0.0873. The second-order valence-corrected chi connectivity index (χ2v) is 2.68. The predicted octanol–water partition coefficient (Wildman–Crippen LogP) is 2.43. The summed E-state index contributed by atoms with van der Waals surface area (Å²) in [4.78, 5) is 11.1. The van der Waals surface area contributed by atoms with Crippen LogP contribution in [0.1, 0.15) is 5.56 Å². The van der Waals surface area contributed by atoms with Gasteiger partial charge >= 0.3 is 0 Å². The number of methoxy groups -OCH3 is 1. The highest BCUT2D eigenvalue weighted by molar-refractivity contribution is 6.01. The molecule has 14 heavy (non-hydrogen) atoms. The quantitative estimate of drug-likeness (QED) is 0.535. The van der Waals surface area contributed by atoms with E-state index in [1.807, 2.05) is 30.3 Å². The molecule has 0 radical (unpaired) electrons. The molecular formula is C12H12O2. The zero-order valence-electron chi connectivity index (χ0n) is 8.01. The molecule has 0 spiro atoms. The average molecular weight is 188 g/mol. The van der Waals surface area contributed by atoms with Crippen molar-refractivity contribution in [1.82, 2.24) is 0 Å². The van der Waals surface area contributed by atoms with Gasteiger partial charge < -0.3 is 4.74 Å². The van der Waals surface area contributed by atoms with Crippen LogP contribution in [0, 0.1) is 0 Å². The van der Waals surface area contributed by atoms with Crippen molar-refractivity contribution >= 4 is 11.9 Å². The summed E-state index contributed by atoms with van der Waals surface area (Å²) in [5, 5.41) is 0. The normalized spacial score (nSPS) is 10.9. The van der Waals surface area contributed by atoms with E-state index in [4.69, 9.17) is 0 Å². The summed E-state index contributed by atoms with van der Waals surface area (Å²) in [6, 6.07) is 9.65. The molecule has 0 aliphatic carbocycles. The number of ketones is 1. The molecule has 0 N–H and O–H groups in total. The van der Waals surface area contributed by atoms with Crippen molar-refractivity contribution in [2.24, 2.45) is 0 Å². The van der Waals surface area contributed by atoms with Crippen LogP contribution < -0.4 is 0 Å². The highest BCUT2D eigenvalue weighted by atomic mass is 16.5. The minimum atomic E-state index is -0.0873. The Labute approximate surface area is 83.5 Å². The largest absolute Gasteiger partial charge is 0.504 e. The second-order valence-electron chi connectivity index (χ2n) is 2.68. The number of hydrogen-bond donors (Lipinski definition) is 0. The Balaban J connectivity index is 2.56. The Morgan fingerprint density at radius 1 is 1.21 bits per heavy atom. The fourth-order valence-electron chi connectivity index (χ4n) is 0.933. The maximum atomic E-state index is 11.1. The van der Waals surface area contributed by atoms with Crippen LogP contribution in [0.5, 0.6) is 0 Å². The summed E-state index contributed by atoms with van der Waals surface area (Å²) in [6.07, 6.45) is 6.00. The Morgan fingerprint density at radius 2 is 1.93 bits per heavy atom. The first kappa shape index (κ1) is 10.3. The lowest BCUT2D eigenvalue weighted by molar-refractivity contribution is -0.110. The van der Waals surface area contributed by atoms with Crippen LogP contribution in [0.4, 0.5) is 0 Å². The molecule has 2 nitrogen and oxygen atoms in total. The standard InChI is InChI=1S/C12H12O2/c1-14-10-9-12(13)8-7-11-5-3-2-4-6-11/h2-10H,1H3. The monoisotopic (exact) mass is 188 g/mol. The Kier molecular flexibility index (Phi) is 4.21. The highest BCUT2D eigenvalue weighted by Gasteiger charge is 1.88. The summed E-state index contributed by atoms with van der Waals surface area (Å²) in [7, 11) is 1.50. The molecule has 0 fully saturated rings. The van der Waals surface area contributed by atoms with Gasteiger partial charge in [0.05, 0.1) is 13.4 Å². The molecule has 0 aliphatic heterocycles. The smallest absolute Gasteiger partial charge is 0.181 e. The van der Waals surface area contributed by atoms with E-state index >= 15 is 0 Å². The Hall–Kier alpha value is -1.83. The number of rotatable bonds is 4. The van der Waals surface area contributed by atoms with Crippen molar-refractivity contribution in [2.75, 3.05) is 7.11 Å². The van der Waals surface area contributed by atoms with Gasteiger partial charge in [0.15, 0.2) is 5.78 Å². The minimum Gasteiger partial charge on any atom is -0.504 e. The number of carbonyl (C=O) groups is 1. The molecule has 0 aliphatic rings.